The van der Waals surface area contributed by atoms with Gasteiger partial charge in [0.25, 0.3) is 0 Å². The predicted octanol–water partition coefficient (Wildman–Crippen LogP) is 3.18. The molecule has 1 aromatic heterocycles. The van der Waals surface area contributed by atoms with Crippen LogP contribution in [0.25, 0.3) is 10.9 Å². The minimum absolute atomic E-state index is 0.0126. The molecule has 4 rings (SSSR count). The fourth-order valence-electron chi connectivity index (χ4n) is 3.62. The van der Waals surface area contributed by atoms with Gasteiger partial charge in [0.15, 0.2) is 0 Å². The van der Waals surface area contributed by atoms with Crippen LogP contribution in [0.5, 0.6) is 11.5 Å². The number of aromatic nitrogens is 1. The molecule has 3 aromatic rings. The van der Waals surface area contributed by atoms with Crippen LogP contribution in [0.15, 0.2) is 42.5 Å². The average molecular weight is 365 g/mol. The molecule has 0 saturated carbocycles. The number of rotatable bonds is 5. The number of aromatic amines is 1. The van der Waals surface area contributed by atoms with E-state index in [-0.39, 0.29) is 5.91 Å². The summed E-state index contributed by atoms with van der Waals surface area (Å²) in [7, 11) is 3.31. The molecule has 140 valence electrons. The van der Waals surface area contributed by atoms with Crippen LogP contribution in [0.3, 0.4) is 0 Å². The number of benzene rings is 2. The molecule has 1 aliphatic heterocycles. The molecule has 0 spiro atoms. The summed E-state index contributed by atoms with van der Waals surface area (Å²) < 4.78 is 10.5. The van der Waals surface area contributed by atoms with Gasteiger partial charge in [-0.25, -0.2) is 0 Å². The summed E-state index contributed by atoms with van der Waals surface area (Å²) >= 11 is 0. The van der Waals surface area contributed by atoms with Gasteiger partial charge in [0.2, 0.25) is 5.91 Å². The zero-order chi connectivity index (χ0) is 18.8. The summed E-state index contributed by atoms with van der Waals surface area (Å²) in [6, 6.07) is 13.4. The maximum atomic E-state index is 12.4. The van der Waals surface area contributed by atoms with Gasteiger partial charge in [0, 0.05) is 35.4 Å². The summed E-state index contributed by atoms with van der Waals surface area (Å²) in [4.78, 5) is 18.0. The first-order valence-electron chi connectivity index (χ1n) is 9.00. The van der Waals surface area contributed by atoms with Gasteiger partial charge in [-0.2, -0.15) is 0 Å². The first-order valence-corrected chi connectivity index (χ1v) is 9.00. The van der Waals surface area contributed by atoms with E-state index in [1.165, 1.54) is 16.6 Å². The van der Waals surface area contributed by atoms with Crippen molar-refractivity contribution in [2.24, 2.45) is 0 Å². The molecule has 2 aromatic carbocycles. The second-order valence-corrected chi connectivity index (χ2v) is 6.73. The lowest BCUT2D eigenvalue weighted by Gasteiger charge is -2.26. The Morgan fingerprint density at radius 2 is 1.85 bits per heavy atom. The summed E-state index contributed by atoms with van der Waals surface area (Å²) in [5.41, 5.74) is 4.40. The van der Waals surface area contributed by atoms with Crippen LogP contribution in [0.1, 0.15) is 11.3 Å². The van der Waals surface area contributed by atoms with Gasteiger partial charge in [-0.05, 0) is 54.4 Å². The summed E-state index contributed by atoms with van der Waals surface area (Å²) in [6.07, 6.45) is 0.915. The highest BCUT2D eigenvalue weighted by atomic mass is 16.5. The zero-order valence-corrected chi connectivity index (χ0v) is 15.5. The highest BCUT2D eigenvalue weighted by Gasteiger charge is 2.22. The van der Waals surface area contributed by atoms with Gasteiger partial charge < -0.3 is 19.8 Å². The Morgan fingerprint density at radius 1 is 1.11 bits per heavy atom. The van der Waals surface area contributed by atoms with Gasteiger partial charge >= 0.3 is 0 Å². The van der Waals surface area contributed by atoms with Crippen molar-refractivity contribution in [3.8, 4) is 11.5 Å². The van der Waals surface area contributed by atoms with Crippen molar-refractivity contribution in [3.63, 3.8) is 0 Å². The third-order valence-electron chi connectivity index (χ3n) is 5.00. The third-order valence-corrected chi connectivity index (χ3v) is 5.00. The topological polar surface area (TPSA) is 66.6 Å². The number of carbonyl (C=O) groups excluding carboxylic acids is 1. The fourth-order valence-corrected chi connectivity index (χ4v) is 3.62. The molecule has 0 atom stereocenters. The van der Waals surface area contributed by atoms with Crippen molar-refractivity contribution in [2.45, 2.75) is 13.0 Å². The number of amides is 1. The van der Waals surface area contributed by atoms with Gasteiger partial charge in [0.1, 0.15) is 11.5 Å². The molecule has 1 aliphatic rings. The fraction of sp³-hybridized carbons (Fsp3) is 0.286. The highest BCUT2D eigenvalue weighted by Crippen LogP contribution is 2.30. The quantitative estimate of drug-likeness (QED) is 0.729. The molecule has 27 heavy (non-hydrogen) atoms. The van der Waals surface area contributed by atoms with Crippen molar-refractivity contribution < 1.29 is 14.3 Å². The maximum absolute atomic E-state index is 12.4. The molecule has 0 unspecified atom stereocenters. The highest BCUT2D eigenvalue weighted by molar-refractivity contribution is 5.92. The number of hydrogen-bond acceptors (Lipinski definition) is 4. The molecule has 0 fully saturated rings. The van der Waals surface area contributed by atoms with Crippen LogP contribution in [0.4, 0.5) is 5.69 Å². The molecule has 2 heterocycles. The molecular weight excluding hydrogens is 342 g/mol. The van der Waals surface area contributed by atoms with Crippen LogP contribution in [0.2, 0.25) is 0 Å². The van der Waals surface area contributed by atoms with E-state index in [1.807, 2.05) is 36.4 Å². The predicted molar refractivity (Wildman–Crippen MR) is 105 cm³/mol. The Labute approximate surface area is 158 Å². The van der Waals surface area contributed by atoms with E-state index in [1.54, 1.807) is 14.2 Å². The van der Waals surface area contributed by atoms with Crippen molar-refractivity contribution in [1.29, 1.82) is 0 Å². The van der Waals surface area contributed by atoms with E-state index in [4.69, 9.17) is 9.47 Å². The smallest absolute Gasteiger partial charge is 0.238 e. The van der Waals surface area contributed by atoms with E-state index >= 15 is 0 Å². The average Bonchev–Trinajstić information content (AvgIpc) is 3.05. The number of hydrogen-bond donors (Lipinski definition) is 2. The Morgan fingerprint density at radius 3 is 2.59 bits per heavy atom. The standard InChI is InChI=1S/C21H23N3O3/c1-26-15-5-3-14(4-6-15)22-21(25)13-24-10-9-17-18-11-16(27-2)7-8-19(18)23-20(17)12-24/h3-8,11,23H,9-10,12-13H2,1-2H3,(H,22,25). The van der Waals surface area contributed by atoms with Gasteiger partial charge in [-0.3, -0.25) is 9.69 Å². The molecule has 2 N–H and O–H groups in total. The summed E-state index contributed by atoms with van der Waals surface area (Å²) in [5, 5.41) is 4.16. The van der Waals surface area contributed by atoms with E-state index in [9.17, 15) is 4.79 Å². The summed E-state index contributed by atoms with van der Waals surface area (Å²) in [5.74, 6) is 1.62. The molecule has 0 radical (unpaired) electrons. The molecule has 6 nitrogen and oxygen atoms in total. The first kappa shape index (κ1) is 17.4. The Hall–Kier alpha value is -2.99. The SMILES string of the molecule is COc1ccc(NC(=O)CN2CCc3c([nH]c4ccc(OC)cc34)C2)cc1. The van der Waals surface area contributed by atoms with E-state index < -0.39 is 0 Å². The lowest BCUT2D eigenvalue weighted by atomic mass is 10.0. The number of methoxy groups -OCH3 is 2. The van der Waals surface area contributed by atoms with Crippen molar-refractivity contribution in [1.82, 2.24) is 9.88 Å². The Bertz CT molecular complexity index is 963. The van der Waals surface area contributed by atoms with Crippen LogP contribution in [-0.4, -0.2) is 43.1 Å². The normalized spacial score (nSPS) is 14.0. The second-order valence-electron chi connectivity index (χ2n) is 6.73. The van der Waals surface area contributed by atoms with E-state index in [0.29, 0.717) is 6.54 Å². The van der Waals surface area contributed by atoms with E-state index in [0.717, 1.165) is 42.2 Å². The van der Waals surface area contributed by atoms with Crippen molar-refractivity contribution >= 4 is 22.5 Å². The first-order chi connectivity index (χ1) is 13.2. The number of ether oxygens (including phenoxy) is 2. The zero-order valence-electron chi connectivity index (χ0n) is 15.5. The lowest BCUT2D eigenvalue weighted by molar-refractivity contribution is -0.117. The monoisotopic (exact) mass is 365 g/mol. The number of H-pyrrole nitrogens is 1. The molecular formula is C21H23N3O3. The van der Waals surface area contributed by atoms with Crippen LogP contribution < -0.4 is 14.8 Å². The van der Waals surface area contributed by atoms with Gasteiger partial charge in [-0.15, -0.1) is 0 Å². The molecule has 0 aliphatic carbocycles. The minimum Gasteiger partial charge on any atom is -0.497 e. The largest absolute Gasteiger partial charge is 0.497 e. The van der Waals surface area contributed by atoms with Crippen molar-refractivity contribution in [2.75, 3.05) is 32.6 Å². The number of nitrogens with one attached hydrogen (secondary N) is 2. The number of carbonyl (C=O) groups is 1. The Kier molecular flexibility index (Phi) is 4.73. The second kappa shape index (κ2) is 7.32. The minimum atomic E-state index is -0.0126. The molecule has 1 amide bonds. The Balaban J connectivity index is 1.42. The van der Waals surface area contributed by atoms with Gasteiger partial charge in [0.05, 0.1) is 20.8 Å². The summed E-state index contributed by atoms with van der Waals surface area (Å²) in [6.45, 7) is 1.96. The third kappa shape index (κ3) is 3.61. The molecule has 0 bridgehead atoms. The number of nitrogens with zero attached hydrogens (tertiary/aromatic N) is 1. The van der Waals surface area contributed by atoms with Crippen LogP contribution in [-0.2, 0) is 17.8 Å². The van der Waals surface area contributed by atoms with Crippen molar-refractivity contribution in [3.05, 3.63) is 53.7 Å². The van der Waals surface area contributed by atoms with Crippen LogP contribution in [0, 0.1) is 0 Å². The van der Waals surface area contributed by atoms with Gasteiger partial charge in [-0.1, -0.05) is 0 Å². The molecule has 0 saturated heterocycles. The maximum Gasteiger partial charge on any atom is 0.238 e. The van der Waals surface area contributed by atoms with E-state index in [2.05, 4.69) is 21.3 Å². The number of anilines is 1. The lowest BCUT2D eigenvalue weighted by Crippen LogP contribution is -2.37. The number of fused-ring (bicyclic) bond motifs is 3. The molecule has 6 heteroatoms. The van der Waals surface area contributed by atoms with Crippen LogP contribution >= 0.6 is 0 Å².